The van der Waals surface area contributed by atoms with Crippen LogP contribution in [0.15, 0.2) is 22.7 Å². The van der Waals surface area contributed by atoms with E-state index >= 15 is 0 Å². The largest absolute Gasteiger partial charge is 0.377 e. The third kappa shape index (κ3) is 3.25. The Morgan fingerprint density at radius 3 is 2.94 bits per heavy atom. The highest BCUT2D eigenvalue weighted by atomic mass is 79.9. The molecule has 3 nitrogen and oxygen atoms in total. The SMILES string of the molecule is CC(N)Cc1ccc(N2CCOCC2C)c(Br)c1. The van der Waals surface area contributed by atoms with Crippen LogP contribution in [0.4, 0.5) is 5.69 Å². The normalized spacial score (nSPS) is 22.0. The third-order valence-electron chi connectivity index (χ3n) is 3.25. The van der Waals surface area contributed by atoms with Crippen molar-refractivity contribution in [3.63, 3.8) is 0 Å². The summed E-state index contributed by atoms with van der Waals surface area (Å²) in [7, 11) is 0. The van der Waals surface area contributed by atoms with Crippen molar-refractivity contribution in [2.75, 3.05) is 24.7 Å². The van der Waals surface area contributed by atoms with Gasteiger partial charge in [0.05, 0.1) is 18.9 Å². The maximum Gasteiger partial charge on any atom is 0.0668 e. The Kier molecular flexibility index (Phi) is 4.65. The lowest BCUT2D eigenvalue weighted by Gasteiger charge is -2.36. The van der Waals surface area contributed by atoms with Gasteiger partial charge >= 0.3 is 0 Å². The van der Waals surface area contributed by atoms with Gasteiger partial charge in [-0.1, -0.05) is 6.07 Å². The van der Waals surface area contributed by atoms with Gasteiger partial charge in [-0.2, -0.15) is 0 Å². The Labute approximate surface area is 117 Å². The summed E-state index contributed by atoms with van der Waals surface area (Å²) >= 11 is 3.68. The number of halogens is 1. The maximum atomic E-state index is 5.84. The number of nitrogens with zero attached hydrogens (tertiary/aromatic N) is 1. The second kappa shape index (κ2) is 6.04. The summed E-state index contributed by atoms with van der Waals surface area (Å²) in [5.41, 5.74) is 8.36. The second-order valence-corrected chi connectivity index (χ2v) is 5.94. The zero-order valence-electron chi connectivity index (χ0n) is 11.0. The van der Waals surface area contributed by atoms with Crippen molar-refractivity contribution in [2.24, 2.45) is 5.73 Å². The topological polar surface area (TPSA) is 38.5 Å². The molecule has 0 amide bonds. The van der Waals surface area contributed by atoms with Crippen LogP contribution in [0, 0.1) is 0 Å². The molecule has 0 saturated carbocycles. The van der Waals surface area contributed by atoms with Crippen molar-refractivity contribution in [3.8, 4) is 0 Å². The van der Waals surface area contributed by atoms with E-state index in [1.165, 1.54) is 11.3 Å². The summed E-state index contributed by atoms with van der Waals surface area (Å²) in [6.45, 7) is 6.78. The van der Waals surface area contributed by atoms with Gasteiger partial charge in [-0.05, 0) is 53.9 Å². The molecule has 0 spiro atoms. The molecule has 2 atom stereocenters. The van der Waals surface area contributed by atoms with Crippen LogP contribution in [0.3, 0.4) is 0 Å². The van der Waals surface area contributed by atoms with E-state index in [0.29, 0.717) is 6.04 Å². The zero-order chi connectivity index (χ0) is 13.1. The number of morpholine rings is 1. The molecular formula is C14H21BrN2O. The second-order valence-electron chi connectivity index (χ2n) is 5.08. The van der Waals surface area contributed by atoms with E-state index in [1.54, 1.807) is 0 Å². The third-order valence-corrected chi connectivity index (χ3v) is 3.88. The molecule has 1 aliphatic rings. The fraction of sp³-hybridized carbons (Fsp3) is 0.571. The first-order valence-electron chi connectivity index (χ1n) is 6.46. The zero-order valence-corrected chi connectivity index (χ0v) is 12.6. The van der Waals surface area contributed by atoms with Gasteiger partial charge in [0, 0.05) is 23.1 Å². The van der Waals surface area contributed by atoms with E-state index in [-0.39, 0.29) is 6.04 Å². The van der Waals surface area contributed by atoms with Gasteiger partial charge in [0.1, 0.15) is 0 Å². The highest BCUT2D eigenvalue weighted by Gasteiger charge is 2.20. The number of ether oxygens (including phenoxy) is 1. The summed E-state index contributed by atoms with van der Waals surface area (Å²) in [6, 6.07) is 7.16. The average molecular weight is 313 g/mol. The molecule has 1 aromatic rings. The van der Waals surface area contributed by atoms with Crippen LogP contribution in [0.2, 0.25) is 0 Å². The number of rotatable bonds is 3. The molecule has 1 aliphatic heterocycles. The molecule has 0 aliphatic carbocycles. The molecular weight excluding hydrogens is 292 g/mol. The standard InChI is InChI=1S/C14H21BrN2O/c1-10(16)7-12-3-4-14(13(15)8-12)17-5-6-18-9-11(17)2/h3-4,8,10-11H,5-7,9,16H2,1-2H3. The summed E-state index contributed by atoms with van der Waals surface area (Å²) in [5.74, 6) is 0. The molecule has 0 radical (unpaired) electrons. The highest BCUT2D eigenvalue weighted by Crippen LogP contribution is 2.30. The molecule has 2 unspecified atom stereocenters. The molecule has 4 heteroatoms. The Morgan fingerprint density at radius 1 is 1.56 bits per heavy atom. The van der Waals surface area contributed by atoms with Crippen LogP contribution in [0.1, 0.15) is 19.4 Å². The van der Waals surface area contributed by atoms with Crippen LogP contribution in [-0.2, 0) is 11.2 Å². The van der Waals surface area contributed by atoms with Gasteiger partial charge in [-0.15, -0.1) is 0 Å². The Balaban J connectivity index is 2.18. The minimum atomic E-state index is 0.199. The fourth-order valence-corrected chi connectivity index (χ4v) is 3.02. The lowest BCUT2D eigenvalue weighted by Crippen LogP contribution is -2.43. The van der Waals surface area contributed by atoms with Gasteiger partial charge in [-0.25, -0.2) is 0 Å². The molecule has 2 rings (SSSR count). The molecule has 0 bridgehead atoms. The van der Waals surface area contributed by atoms with Crippen LogP contribution in [0.25, 0.3) is 0 Å². The van der Waals surface area contributed by atoms with Crippen molar-refractivity contribution < 1.29 is 4.74 Å². The van der Waals surface area contributed by atoms with Crippen LogP contribution in [-0.4, -0.2) is 31.8 Å². The van der Waals surface area contributed by atoms with E-state index in [0.717, 1.165) is 30.7 Å². The van der Waals surface area contributed by atoms with Gasteiger partial charge < -0.3 is 15.4 Å². The van der Waals surface area contributed by atoms with Crippen LogP contribution in [0.5, 0.6) is 0 Å². The predicted molar refractivity (Wildman–Crippen MR) is 79.1 cm³/mol. The number of nitrogens with two attached hydrogens (primary N) is 1. The van der Waals surface area contributed by atoms with E-state index < -0.39 is 0 Å². The number of benzene rings is 1. The van der Waals surface area contributed by atoms with Crippen molar-refractivity contribution in [1.82, 2.24) is 0 Å². The van der Waals surface area contributed by atoms with Crippen molar-refractivity contribution in [3.05, 3.63) is 28.2 Å². The molecule has 2 N–H and O–H groups in total. The quantitative estimate of drug-likeness (QED) is 0.932. The summed E-state index contributed by atoms with van der Waals surface area (Å²) in [4.78, 5) is 2.39. The molecule has 1 saturated heterocycles. The van der Waals surface area contributed by atoms with Crippen LogP contribution >= 0.6 is 15.9 Å². The van der Waals surface area contributed by atoms with Crippen molar-refractivity contribution in [2.45, 2.75) is 32.4 Å². The minimum absolute atomic E-state index is 0.199. The lowest BCUT2D eigenvalue weighted by molar-refractivity contribution is 0.0989. The van der Waals surface area contributed by atoms with E-state index in [1.807, 2.05) is 6.92 Å². The first-order valence-corrected chi connectivity index (χ1v) is 7.25. The Morgan fingerprint density at radius 2 is 2.33 bits per heavy atom. The first-order chi connectivity index (χ1) is 8.58. The molecule has 1 aromatic carbocycles. The number of hydrogen-bond donors (Lipinski definition) is 1. The van der Waals surface area contributed by atoms with Gasteiger partial charge in [0.25, 0.3) is 0 Å². The minimum Gasteiger partial charge on any atom is -0.377 e. The van der Waals surface area contributed by atoms with E-state index in [4.69, 9.17) is 10.5 Å². The van der Waals surface area contributed by atoms with Gasteiger partial charge in [-0.3, -0.25) is 0 Å². The fourth-order valence-electron chi connectivity index (χ4n) is 2.37. The smallest absolute Gasteiger partial charge is 0.0668 e. The predicted octanol–water partition coefficient (Wildman–Crippen LogP) is 2.56. The maximum absolute atomic E-state index is 5.84. The Hall–Kier alpha value is -0.580. The lowest BCUT2D eigenvalue weighted by atomic mass is 10.1. The summed E-state index contributed by atoms with van der Waals surface area (Å²) < 4.78 is 6.62. The molecule has 100 valence electrons. The first kappa shape index (κ1) is 13.8. The summed E-state index contributed by atoms with van der Waals surface area (Å²) in [5, 5.41) is 0. The molecule has 1 fully saturated rings. The highest BCUT2D eigenvalue weighted by molar-refractivity contribution is 9.10. The number of anilines is 1. The van der Waals surface area contributed by atoms with Gasteiger partial charge in [0.2, 0.25) is 0 Å². The average Bonchev–Trinajstić information content (AvgIpc) is 2.30. The van der Waals surface area contributed by atoms with Crippen LogP contribution < -0.4 is 10.6 Å². The van der Waals surface area contributed by atoms with Gasteiger partial charge in [0.15, 0.2) is 0 Å². The van der Waals surface area contributed by atoms with Crippen molar-refractivity contribution in [1.29, 1.82) is 0 Å². The molecule has 1 heterocycles. The van der Waals surface area contributed by atoms with E-state index in [9.17, 15) is 0 Å². The summed E-state index contributed by atoms with van der Waals surface area (Å²) in [6.07, 6.45) is 0.914. The monoisotopic (exact) mass is 312 g/mol. The molecule has 18 heavy (non-hydrogen) atoms. The van der Waals surface area contributed by atoms with Crippen molar-refractivity contribution >= 4 is 21.6 Å². The Bertz CT molecular complexity index is 409. The molecule has 0 aromatic heterocycles. The number of hydrogen-bond acceptors (Lipinski definition) is 3. The van der Waals surface area contributed by atoms with E-state index in [2.05, 4.69) is 46.0 Å².